The van der Waals surface area contributed by atoms with Crippen molar-refractivity contribution in [2.45, 2.75) is 44.7 Å². The molecule has 0 saturated carbocycles. The first kappa shape index (κ1) is 29.1. The van der Waals surface area contributed by atoms with E-state index < -0.39 is 5.25 Å². The highest BCUT2D eigenvalue weighted by Gasteiger charge is 2.26. The normalized spacial score (nSPS) is 11.8. The SMILES string of the molecule is CCOc1cc([C@H](C[N+](=O)[O-])Sc2nnc(C)n2-c2ccc(C)c(C)c2)cc(Br)c1OCc1ccc(Br)cc1. The van der Waals surface area contributed by atoms with Gasteiger partial charge in [0.2, 0.25) is 6.54 Å². The van der Waals surface area contributed by atoms with Crippen molar-refractivity contribution in [3.63, 3.8) is 0 Å². The van der Waals surface area contributed by atoms with Crippen LogP contribution in [0.1, 0.15) is 40.3 Å². The molecule has 0 aliphatic heterocycles. The minimum Gasteiger partial charge on any atom is -0.490 e. The van der Waals surface area contributed by atoms with Crippen LogP contribution >= 0.6 is 43.6 Å². The van der Waals surface area contributed by atoms with Crippen molar-refractivity contribution in [2.75, 3.05) is 13.2 Å². The molecule has 0 saturated heterocycles. The molecule has 0 aliphatic carbocycles. The van der Waals surface area contributed by atoms with Crippen LogP contribution < -0.4 is 9.47 Å². The van der Waals surface area contributed by atoms with Gasteiger partial charge in [-0.25, -0.2) is 0 Å². The molecule has 4 aromatic rings. The fourth-order valence-electron chi connectivity index (χ4n) is 3.97. The third-order valence-electron chi connectivity index (χ3n) is 6.11. The van der Waals surface area contributed by atoms with Gasteiger partial charge in [-0.05, 0) is 102 Å². The lowest BCUT2D eigenvalue weighted by atomic mass is 10.1. The van der Waals surface area contributed by atoms with E-state index in [0.29, 0.717) is 40.2 Å². The van der Waals surface area contributed by atoms with Crippen molar-refractivity contribution in [3.8, 4) is 17.2 Å². The van der Waals surface area contributed by atoms with Gasteiger partial charge >= 0.3 is 0 Å². The number of nitro groups is 1. The molecule has 0 spiro atoms. The molecule has 8 nitrogen and oxygen atoms in total. The van der Waals surface area contributed by atoms with Crippen molar-refractivity contribution >= 4 is 43.6 Å². The van der Waals surface area contributed by atoms with Crippen LogP contribution in [-0.4, -0.2) is 32.8 Å². The fourth-order valence-corrected chi connectivity index (χ4v) is 5.96. The molecule has 11 heteroatoms. The van der Waals surface area contributed by atoms with Crippen LogP contribution in [0.4, 0.5) is 0 Å². The van der Waals surface area contributed by atoms with E-state index >= 15 is 0 Å². The molecule has 0 fully saturated rings. The second-order valence-corrected chi connectivity index (χ2v) is 11.9. The maximum Gasteiger partial charge on any atom is 0.220 e. The van der Waals surface area contributed by atoms with E-state index in [2.05, 4.69) is 55.0 Å². The first-order chi connectivity index (χ1) is 18.7. The van der Waals surface area contributed by atoms with Gasteiger partial charge in [0.1, 0.15) is 17.7 Å². The summed E-state index contributed by atoms with van der Waals surface area (Å²) in [5.74, 6) is 1.76. The van der Waals surface area contributed by atoms with Crippen molar-refractivity contribution in [2.24, 2.45) is 0 Å². The third-order valence-corrected chi connectivity index (χ3v) is 8.40. The number of aryl methyl sites for hydroxylation is 3. The molecular formula is C28H28Br2N4O4S. The Labute approximate surface area is 248 Å². The summed E-state index contributed by atoms with van der Waals surface area (Å²) in [7, 11) is 0. The van der Waals surface area contributed by atoms with Crippen molar-refractivity contribution in [1.29, 1.82) is 0 Å². The number of benzene rings is 3. The summed E-state index contributed by atoms with van der Waals surface area (Å²) >= 11 is 8.36. The smallest absolute Gasteiger partial charge is 0.220 e. The third kappa shape index (κ3) is 7.20. The zero-order valence-corrected chi connectivity index (χ0v) is 26.0. The summed E-state index contributed by atoms with van der Waals surface area (Å²) in [5, 5.41) is 20.4. The molecular weight excluding hydrogens is 648 g/mol. The number of ether oxygens (including phenoxy) is 2. The number of nitrogens with zero attached hydrogens (tertiary/aromatic N) is 4. The Balaban J connectivity index is 1.67. The number of rotatable bonds is 11. The van der Waals surface area contributed by atoms with E-state index in [1.54, 1.807) is 0 Å². The van der Waals surface area contributed by atoms with Gasteiger partial charge in [0, 0.05) is 15.1 Å². The van der Waals surface area contributed by atoms with E-state index in [1.807, 2.05) is 73.9 Å². The van der Waals surface area contributed by atoms with Crippen LogP contribution in [0.25, 0.3) is 5.69 Å². The summed E-state index contributed by atoms with van der Waals surface area (Å²) in [6, 6.07) is 17.7. The Kier molecular flexibility index (Phi) is 9.68. The van der Waals surface area contributed by atoms with Gasteiger partial charge in [-0.3, -0.25) is 14.7 Å². The van der Waals surface area contributed by atoms with Crippen molar-refractivity contribution < 1.29 is 14.4 Å². The Hall–Kier alpha value is -2.89. The van der Waals surface area contributed by atoms with Gasteiger partial charge in [-0.1, -0.05) is 45.9 Å². The highest BCUT2D eigenvalue weighted by molar-refractivity contribution is 9.10. The Morgan fingerprint density at radius 1 is 1.00 bits per heavy atom. The lowest BCUT2D eigenvalue weighted by Crippen LogP contribution is -2.12. The Morgan fingerprint density at radius 2 is 1.74 bits per heavy atom. The molecule has 0 radical (unpaired) electrons. The summed E-state index contributed by atoms with van der Waals surface area (Å²) < 4.78 is 15.6. The molecule has 4 rings (SSSR count). The summed E-state index contributed by atoms with van der Waals surface area (Å²) in [4.78, 5) is 11.4. The van der Waals surface area contributed by atoms with Gasteiger partial charge in [0.05, 0.1) is 11.1 Å². The summed E-state index contributed by atoms with van der Waals surface area (Å²) in [6.07, 6.45) is 0. The van der Waals surface area contributed by atoms with E-state index in [9.17, 15) is 10.1 Å². The molecule has 39 heavy (non-hydrogen) atoms. The standard InChI is InChI=1S/C28H28Br2N4O4S/c1-5-37-25-14-21(13-24(30)27(25)38-16-20-7-9-22(29)10-8-20)26(15-33(35)36)39-28-32-31-19(4)34(28)23-11-6-17(2)18(3)12-23/h6-14,26H,5,15-16H2,1-4H3/t26-/m0/s1. The van der Waals surface area contributed by atoms with Crippen molar-refractivity contribution in [1.82, 2.24) is 14.8 Å². The molecule has 204 valence electrons. The van der Waals surface area contributed by atoms with Crippen LogP contribution in [0.15, 0.2) is 68.7 Å². The largest absolute Gasteiger partial charge is 0.490 e. The van der Waals surface area contributed by atoms with E-state index in [-0.39, 0.29) is 11.5 Å². The number of halogens is 2. The molecule has 1 aromatic heterocycles. The number of aromatic nitrogens is 3. The first-order valence-electron chi connectivity index (χ1n) is 12.3. The second-order valence-electron chi connectivity index (χ2n) is 8.93. The average molecular weight is 676 g/mol. The maximum absolute atomic E-state index is 11.7. The fraction of sp³-hybridized carbons (Fsp3) is 0.286. The predicted molar refractivity (Wildman–Crippen MR) is 160 cm³/mol. The van der Waals surface area contributed by atoms with Crippen LogP contribution in [0.5, 0.6) is 11.5 Å². The zero-order valence-electron chi connectivity index (χ0n) is 22.0. The molecule has 1 atom stereocenters. The number of thioether (sulfide) groups is 1. The van der Waals surface area contributed by atoms with Gasteiger partial charge in [0.15, 0.2) is 16.7 Å². The van der Waals surface area contributed by atoms with E-state index in [4.69, 9.17) is 9.47 Å². The Morgan fingerprint density at radius 3 is 2.41 bits per heavy atom. The van der Waals surface area contributed by atoms with Crippen LogP contribution in [0.3, 0.4) is 0 Å². The van der Waals surface area contributed by atoms with E-state index in [0.717, 1.165) is 26.9 Å². The highest BCUT2D eigenvalue weighted by atomic mass is 79.9. The lowest BCUT2D eigenvalue weighted by molar-refractivity contribution is -0.479. The summed E-state index contributed by atoms with van der Waals surface area (Å²) in [5.41, 5.74) is 4.95. The van der Waals surface area contributed by atoms with Crippen molar-refractivity contribution in [3.05, 3.63) is 102 Å². The topological polar surface area (TPSA) is 92.3 Å². The molecule has 0 N–H and O–H groups in total. The molecule has 0 amide bonds. The van der Waals surface area contributed by atoms with Crippen LogP contribution in [0.2, 0.25) is 0 Å². The molecule has 0 unspecified atom stereocenters. The maximum atomic E-state index is 11.7. The van der Waals surface area contributed by atoms with Crippen LogP contribution in [-0.2, 0) is 6.61 Å². The zero-order chi connectivity index (χ0) is 28.1. The van der Waals surface area contributed by atoms with Gasteiger partial charge in [-0.2, -0.15) is 0 Å². The Bertz CT molecular complexity index is 1480. The quantitative estimate of drug-likeness (QED) is 0.0910. The minimum absolute atomic E-state index is 0.305. The molecule has 0 bridgehead atoms. The number of hydrogen-bond acceptors (Lipinski definition) is 7. The molecule has 3 aromatic carbocycles. The molecule has 1 heterocycles. The lowest BCUT2D eigenvalue weighted by Gasteiger charge is -2.19. The number of hydrogen-bond donors (Lipinski definition) is 0. The highest BCUT2D eigenvalue weighted by Crippen LogP contribution is 2.43. The van der Waals surface area contributed by atoms with E-state index in [1.165, 1.54) is 17.3 Å². The predicted octanol–water partition coefficient (Wildman–Crippen LogP) is 7.81. The minimum atomic E-state index is -0.551. The van der Waals surface area contributed by atoms with Gasteiger partial charge in [0.25, 0.3) is 0 Å². The molecule has 0 aliphatic rings. The first-order valence-corrected chi connectivity index (χ1v) is 14.7. The second kappa shape index (κ2) is 13.0. The monoisotopic (exact) mass is 674 g/mol. The van der Waals surface area contributed by atoms with Gasteiger partial charge < -0.3 is 9.47 Å². The van der Waals surface area contributed by atoms with Crippen LogP contribution in [0, 0.1) is 30.9 Å². The summed E-state index contributed by atoms with van der Waals surface area (Å²) in [6.45, 7) is 8.32. The average Bonchev–Trinajstić information content (AvgIpc) is 3.25. The van der Waals surface area contributed by atoms with Gasteiger partial charge in [-0.15, -0.1) is 10.2 Å².